The molecule has 0 spiro atoms. The smallest absolute Gasteiger partial charge is 0.253 e. The van der Waals surface area contributed by atoms with Gasteiger partial charge in [-0.25, -0.2) is 4.68 Å². The highest BCUT2D eigenvalue weighted by Crippen LogP contribution is 2.14. The Labute approximate surface area is 105 Å². The number of hydrogen-bond acceptors (Lipinski definition) is 4. The minimum Gasteiger partial charge on any atom is -0.394 e. The molecule has 0 radical (unpaired) electrons. The molecular weight excluding hydrogens is 232 g/mol. The number of aliphatic hydroxyl groups excluding tert-OH is 1. The molecule has 96 valence electrons. The number of carbonyl (C=O) groups is 1. The number of carbonyl (C=O) groups excluding carboxylic acids is 1. The van der Waals surface area contributed by atoms with Crippen molar-refractivity contribution in [2.45, 2.75) is 13.0 Å². The summed E-state index contributed by atoms with van der Waals surface area (Å²) in [6.07, 6.45) is 0. The van der Waals surface area contributed by atoms with Gasteiger partial charge in [-0.15, -0.1) is 5.10 Å². The summed E-state index contributed by atoms with van der Waals surface area (Å²) in [6, 6.07) is 5.06. The van der Waals surface area contributed by atoms with Crippen LogP contribution in [0.3, 0.4) is 0 Å². The zero-order valence-corrected chi connectivity index (χ0v) is 10.7. The van der Waals surface area contributed by atoms with Gasteiger partial charge in [-0.05, 0) is 25.1 Å². The molecule has 0 saturated carbocycles. The molecule has 0 aliphatic heterocycles. The van der Waals surface area contributed by atoms with Crippen molar-refractivity contribution >= 4 is 16.9 Å². The Morgan fingerprint density at radius 2 is 2.28 bits per heavy atom. The van der Waals surface area contributed by atoms with E-state index in [1.165, 1.54) is 4.90 Å². The summed E-state index contributed by atoms with van der Waals surface area (Å²) in [4.78, 5) is 13.7. The van der Waals surface area contributed by atoms with Gasteiger partial charge in [-0.1, -0.05) is 5.21 Å². The van der Waals surface area contributed by atoms with Crippen molar-refractivity contribution in [3.8, 4) is 0 Å². The first kappa shape index (κ1) is 12.5. The van der Waals surface area contributed by atoms with Gasteiger partial charge in [0.1, 0.15) is 5.52 Å². The zero-order valence-electron chi connectivity index (χ0n) is 10.7. The maximum absolute atomic E-state index is 12.2. The topological polar surface area (TPSA) is 71.2 Å². The number of aryl methyl sites for hydroxylation is 1. The fraction of sp³-hybridized carbons (Fsp3) is 0.417. The third-order valence-corrected chi connectivity index (χ3v) is 3.10. The number of aliphatic hydroxyl groups is 1. The molecule has 1 atom stereocenters. The maximum Gasteiger partial charge on any atom is 0.253 e. The summed E-state index contributed by atoms with van der Waals surface area (Å²) >= 11 is 0. The molecule has 1 aromatic heterocycles. The van der Waals surface area contributed by atoms with Crippen LogP contribution in [0, 0.1) is 0 Å². The van der Waals surface area contributed by atoms with E-state index in [0.29, 0.717) is 11.1 Å². The highest BCUT2D eigenvalue weighted by Gasteiger charge is 2.17. The highest BCUT2D eigenvalue weighted by atomic mass is 16.3. The van der Waals surface area contributed by atoms with Crippen molar-refractivity contribution in [1.29, 1.82) is 0 Å². The molecule has 1 unspecified atom stereocenters. The molecule has 2 aromatic rings. The van der Waals surface area contributed by atoms with Crippen molar-refractivity contribution in [1.82, 2.24) is 19.9 Å². The van der Waals surface area contributed by atoms with Gasteiger partial charge in [0.05, 0.1) is 18.2 Å². The highest BCUT2D eigenvalue weighted by molar-refractivity contribution is 5.97. The Balaban J connectivity index is 2.33. The molecule has 18 heavy (non-hydrogen) atoms. The minimum absolute atomic E-state index is 0.0599. The van der Waals surface area contributed by atoms with Crippen LogP contribution >= 0.6 is 0 Å². The fourth-order valence-electron chi connectivity index (χ4n) is 1.70. The van der Waals surface area contributed by atoms with Gasteiger partial charge in [0.25, 0.3) is 5.91 Å². The number of hydrogen-bond donors (Lipinski definition) is 1. The lowest BCUT2D eigenvalue weighted by Gasteiger charge is -2.23. The van der Waals surface area contributed by atoms with Crippen molar-refractivity contribution in [2.75, 3.05) is 13.7 Å². The van der Waals surface area contributed by atoms with E-state index in [0.717, 1.165) is 5.52 Å². The number of fused-ring (bicyclic) bond motifs is 1. The van der Waals surface area contributed by atoms with Crippen LogP contribution in [0.15, 0.2) is 18.2 Å². The molecule has 0 aliphatic rings. The predicted molar refractivity (Wildman–Crippen MR) is 67.2 cm³/mol. The largest absolute Gasteiger partial charge is 0.394 e. The number of nitrogens with zero attached hydrogens (tertiary/aromatic N) is 4. The Bertz CT molecular complexity index is 578. The zero-order chi connectivity index (χ0) is 13.3. The number of amides is 1. The third kappa shape index (κ3) is 2.06. The second kappa shape index (κ2) is 4.73. The van der Waals surface area contributed by atoms with Gasteiger partial charge in [0.15, 0.2) is 0 Å². The Morgan fingerprint density at radius 3 is 2.94 bits per heavy atom. The van der Waals surface area contributed by atoms with Gasteiger partial charge in [-0.3, -0.25) is 4.79 Å². The SMILES string of the molecule is CC(CO)N(C)C(=O)c1ccc2c(c1)nnn2C. The van der Waals surface area contributed by atoms with Crippen molar-refractivity contribution in [2.24, 2.45) is 7.05 Å². The van der Waals surface area contributed by atoms with Gasteiger partial charge in [0.2, 0.25) is 0 Å². The van der Waals surface area contributed by atoms with Crippen molar-refractivity contribution in [3.63, 3.8) is 0 Å². The lowest BCUT2D eigenvalue weighted by Crippen LogP contribution is -2.37. The summed E-state index contributed by atoms with van der Waals surface area (Å²) in [7, 11) is 3.47. The van der Waals surface area contributed by atoms with Crippen LogP contribution in [-0.2, 0) is 7.05 Å². The number of benzene rings is 1. The summed E-state index contributed by atoms with van der Waals surface area (Å²) < 4.78 is 1.66. The normalized spacial score (nSPS) is 12.7. The van der Waals surface area contributed by atoms with E-state index >= 15 is 0 Å². The first-order valence-corrected chi connectivity index (χ1v) is 5.72. The lowest BCUT2D eigenvalue weighted by atomic mass is 10.1. The van der Waals surface area contributed by atoms with Gasteiger partial charge >= 0.3 is 0 Å². The van der Waals surface area contributed by atoms with Crippen LogP contribution in [0.4, 0.5) is 0 Å². The first-order valence-electron chi connectivity index (χ1n) is 5.72. The average molecular weight is 248 g/mol. The Morgan fingerprint density at radius 1 is 1.56 bits per heavy atom. The molecule has 2 rings (SSSR count). The monoisotopic (exact) mass is 248 g/mol. The molecular formula is C12H16N4O2. The Hall–Kier alpha value is -1.95. The van der Waals surface area contributed by atoms with Gasteiger partial charge in [0, 0.05) is 19.7 Å². The van der Waals surface area contributed by atoms with E-state index in [2.05, 4.69) is 10.3 Å². The molecule has 0 aliphatic carbocycles. The van der Waals surface area contributed by atoms with Crippen LogP contribution < -0.4 is 0 Å². The summed E-state index contributed by atoms with van der Waals surface area (Å²) in [6.45, 7) is 1.73. The maximum atomic E-state index is 12.2. The van der Waals surface area contributed by atoms with E-state index in [-0.39, 0.29) is 18.6 Å². The third-order valence-electron chi connectivity index (χ3n) is 3.10. The second-order valence-electron chi connectivity index (χ2n) is 4.36. The van der Waals surface area contributed by atoms with E-state index in [1.54, 1.807) is 37.8 Å². The fourth-order valence-corrected chi connectivity index (χ4v) is 1.70. The van der Waals surface area contributed by atoms with Crippen molar-refractivity contribution < 1.29 is 9.90 Å². The van der Waals surface area contributed by atoms with E-state index in [9.17, 15) is 4.79 Å². The van der Waals surface area contributed by atoms with Crippen LogP contribution in [0.5, 0.6) is 0 Å². The number of rotatable bonds is 3. The lowest BCUT2D eigenvalue weighted by molar-refractivity contribution is 0.0682. The number of likely N-dealkylation sites (N-methyl/N-ethyl adjacent to an activating group) is 1. The van der Waals surface area contributed by atoms with Gasteiger partial charge < -0.3 is 10.0 Å². The van der Waals surface area contributed by atoms with Crippen LogP contribution in [0.25, 0.3) is 11.0 Å². The minimum atomic E-state index is -0.213. The first-order chi connectivity index (χ1) is 8.54. The second-order valence-corrected chi connectivity index (χ2v) is 4.36. The summed E-state index contributed by atoms with van der Waals surface area (Å²) in [5, 5.41) is 16.9. The number of aromatic nitrogens is 3. The van der Waals surface area contributed by atoms with Gasteiger partial charge in [-0.2, -0.15) is 0 Å². The molecule has 0 saturated heterocycles. The molecule has 1 N–H and O–H groups in total. The van der Waals surface area contributed by atoms with Crippen LogP contribution in [0.1, 0.15) is 17.3 Å². The Kier molecular flexibility index (Phi) is 3.29. The average Bonchev–Trinajstić information content (AvgIpc) is 2.77. The molecule has 0 fully saturated rings. The molecule has 6 heteroatoms. The predicted octanol–water partition coefficient (Wildman–Crippen LogP) is 0.421. The van der Waals surface area contributed by atoms with Crippen molar-refractivity contribution in [3.05, 3.63) is 23.8 Å². The molecule has 1 heterocycles. The summed E-state index contributed by atoms with van der Waals surface area (Å²) in [5.74, 6) is -0.135. The van der Waals surface area contributed by atoms with Crippen LogP contribution in [-0.4, -0.2) is 50.6 Å². The molecule has 6 nitrogen and oxygen atoms in total. The molecule has 1 amide bonds. The standard InChI is InChI=1S/C12H16N4O2/c1-8(7-17)15(2)12(18)9-4-5-11-10(6-9)13-14-16(11)3/h4-6,8,17H,7H2,1-3H3. The molecule has 1 aromatic carbocycles. The molecule has 0 bridgehead atoms. The van der Waals surface area contributed by atoms with Crippen LogP contribution in [0.2, 0.25) is 0 Å². The van der Waals surface area contributed by atoms with E-state index < -0.39 is 0 Å². The quantitative estimate of drug-likeness (QED) is 0.854. The summed E-state index contributed by atoms with van der Waals surface area (Å²) in [5.41, 5.74) is 2.11. The van der Waals surface area contributed by atoms with E-state index in [4.69, 9.17) is 5.11 Å². The van der Waals surface area contributed by atoms with E-state index in [1.807, 2.05) is 6.07 Å².